The third-order valence-electron chi connectivity index (χ3n) is 3.30. The molecule has 0 spiro atoms. The van der Waals surface area contributed by atoms with Crippen molar-refractivity contribution in [2.24, 2.45) is 5.73 Å². The molecule has 0 bridgehead atoms. The van der Waals surface area contributed by atoms with Crippen LogP contribution in [0.4, 0.5) is 0 Å². The highest BCUT2D eigenvalue weighted by Crippen LogP contribution is 2.32. The highest BCUT2D eigenvalue weighted by Gasteiger charge is 2.17. The summed E-state index contributed by atoms with van der Waals surface area (Å²) in [5.41, 5.74) is 7.61. The van der Waals surface area contributed by atoms with Crippen LogP contribution >= 0.6 is 23.1 Å². The zero-order valence-corrected chi connectivity index (χ0v) is 11.6. The van der Waals surface area contributed by atoms with Crippen molar-refractivity contribution in [2.45, 2.75) is 50.3 Å². The number of thioether (sulfide) groups is 1. The fourth-order valence-electron chi connectivity index (χ4n) is 2.31. The first kappa shape index (κ1) is 12.5. The highest BCUT2D eigenvalue weighted by molar-refractivity contribution is 7.99. The van der Waals surface area contributed by atoms with E-state index in [1.54, 1.807) is 11.3 Å². The summed E-state index contributed by atoms with van der Waals surface area (Å²) in [6.45, 7) is 2.16. The largest absolute Gasteiger partial charge is 0.323 e. The van der Waals surface area contributed by atoms with Crippen molar-refractivity contribution in [1.29, 1.82) is 0 Å². The normalized spacial score (nSPS) is 19.9. The Bertz CT molecular complexity index is 315. The molecule has 1 aliphatic rings. The molecule has 0 saturated heterocycles. The third-order valence-corrected chi connectivity index (χ3v) is 5.95. The Morgan fingerprint density at radius 3 is 2.81 bits per heavy atom. The van der Waals surface area contributed by atoms with Crippen molar-refractivity contribution < 1.29 is 0 Å². The molecule has 3 heteroatoms. The SMILES string of the molecule is Cc1ccsc1C(N)CSC1CCCCC1. The second kappa shape index (κ2) is 6.08. The van der Waals surface area contributed by atoms with Gasteiger partial charge in [0.15, 0.2) is 0 Å². The molecule has 0 aromatic carbocycles. The van der Waals surface area contributed by atoms with E-state index in [1.165, 1.54) is 42.5 Å². The molecule has 1 nitrogen and oxygen atoms in total. The number of hydrogen-bond acceptors (Lipinski definition) is 3. The quantitative estimate of drug-likeness (QED) is 0.875. The summed E-state index contributed by atoms with van der Waals surface area (Å²) in [7, 11) is 0. The molecule has 1 saturated carbocycles. The van der Waals surface area contributed by atoms with Crippen molar-refractivity contribution in [3.63, 3.8) is 0 Å². The summed E-state index contributed by atoms with van der Waals surface area (Å²) in [4.78, 5) is 1.38. The average Bonchev–Trinajstić information content (AvgIpc) is 2.74. The van der Waals surface area contributed by atoms with Crippen molar-refractivity contribution in [3.05, 3.63) is 21.9 Å². The maximum Gasteiger partial charge on any atom is 0.0484 e. The molecule has 2 N–H and O–H groups in total. The zero-order chi connectivity index (χ0) is 11.4. The molecule has 0 radical (unpaired) electrons. The molecular formula is C13H21NS2. The Balaban J connectivity index is 1.79. The summed E-state index contributed by atoms with van der Waals surface area (Å²) in [6.07, 6.45) is 7.09. The second-order valence-electron chi connectivity index (χ2n) is 4.67. The van der Waals surface area contributed by atoms with Gasteiger partial charge in [-0.05, 0) is 36.8 Å². The van der Waals surface area contributed by atoms with Gasteiger partial charge in [0.05, 0.1) is 0 Å². The Morgan fingerprint density at radius 1 is 1.44 bits per heavy atom. The van der Waals surface area contributed by atoms with Crippen molar-refractivity contribution in [1.82, 2.24) is 0 Å². The first-order valence-electron chi connectivity index (χ1n) is 6.18. The van der Waals surface area contributed by atoms with Crippen molar-refractivity contribution >= 4 is 23.1 Å². The Morgan fingerprint density at radius 2 is 2.19 bits per heavy atom. The number of aryl methyl sites for hydroxylation is 1. The Hall–Kier alpha value is 0.01000. The second-order valence-corrected chi connectivity index (χ2v) is 6.95. The minimum atomic E-state index is 0.243. The zero-order valence-electron chi connectivity index (χ0n) is 9.95. The molecule has 1 heterocycles. The van der Waals surface area contributed by atoms with Gasteiger partial charge < -0.3 is 5.73 Å². The van der Waals surface area contributed by atoms with Gasteiger partial charge in [-0.25, -0.2) is 0 Å². The van der Waals surface area contributed by atoms with Crippen LogP contribution in [0.2, 0.25) is 0 Å². The summed E-state index contributed by atoms with van der Waals surface area (Å²) < 4.78 is 0. The summed E-state index contributed by atoms with van der Waals surface area (Å²) in [6, 6.07) is 2.41. The van der Waals surface area contributed by atoms with E-state index in [1.807, 2.05) is 0 Å². The molecule has 1 aromatic rings. The van der Waals surface area contributed by atoms with Crippen LogP contribution in [0.25, 0.3) is 0 Å². The predicted octanol–water partition coefficient (Wildman–Crippen LogP) is 4.12. The minimum Gasteiger partial charge on any atom is -0.323 e. The van der Waals surface area contributed by atoms with E-state index in [0.29, 0.717) is 0 Å². The van der Waals surface area contributed by atoms with E-state index in [4.69, 9.17) is 5.73 Å². The van der Waals surface area contributed by atoms with E-state index in [9.17, 15) is 0 Å². The van der Waals surface area contributed by atoms with Crippen molar-refractivity contribution in [3.8, 4) is 0 Å². The van der Waals surface area contributed by atoms with Crippen LogP contribution in [0, 0.1) is 6.92 Å². The van der Waals surface area contributed by atoms with E-state index < -0.39 is 0 Å². The Labute approximate surface area is 107 Å². The fourth-order valence-corrected chi connectivity index (χ4v) is 4.66. The molecular weight excluding hydrogens is 234 g/mol. The fraction of sp³-hybridized carbons (Fsp3) is 0.692. The molecule has 2 rings (SSSR count). The first-order chi connectivity index (χ1) is 7.77. The van der Waals surface area contributed by atoms with Crippen LogP contribution in [0.15, 0.2) is 11.4 Å². The van der Waals surface area contributed by atoms with E-state index >= 15 is 0 Å². The van der Waals surface area contributed by atoms with Crippen LogP contribution in [0.5, 0.6) is 0 Å². The summed E-state index contributed by atoms with van der Waals surface area (Å²) in [5, 5.41) is 3.02. The lowest BCUT2D eigenvalue weighted by molar-refractivity contribution is 0.515. The Kier molecular flexibility index (Phi) is 4.74. The summed E-state index contributed by atoms with van der Waals surface area (Å²) >= 11 is 3.90. The van der Waals surface area contributed by atoms with Crippen molar-refractivity contribution in [2.75, 3.05) is 5.75 Å². The highest BCUT2D eigenvalue weighted by atomic mass is 32.2. The van der Waals surface area contributed by atoms with Gasteiger partial charge in [-0.3, -0.25) is 0 Å². The monoisotopic (exact) mass is 255 g/mol. The van der Waals surface area contributed by atoms with Crippen LogP contribution < -0.4 is 5.73 Å². The number of hydrogen-bond donors (Lipinski definition) is 1. The molecule has 0 amide bonds. The number of thiophene rings is 1. The van der Waals surface area contributed by atoms with Crippen LogP contribution in [-0.4, -0.2) is 11.0 Å². The van der Waals surface area contributed by atoms with Gasteiger partial charge in [0.25, 0.3) is 0 Å². The van der Waals surface area contributed by atoms with Crippen LogP contribution in [0.3, 0.4) is 0 Å². The lowest BCUT2D eigenvalue weighted by atomic mass is 10.0. The van der Waals surface area contributed by atoms with Crippen LogP contribution in [0.1, 0.15) is 48.6 Å². The van der Waals surface area contributed by atoms with Gasteiger partial charge in [0.2, 0.25) is 0 Å². The molecule has 0 aliphatic heterocycles. The van der Waals surface area contributed by atoms with Gasteiger partial charge in [0, 0.05) is 21.9 Å². The van der Waals surface area contributed by atoms with E-state index in [-0.39, 0.29) is 6.04 Å². The van der Waals surface area contributed by atoms with Gasteiger partial charge in [0.1, 0.15) is 0 Å². The molecule has 1 aromatic heterocycles. The van der Waals surface area contributed by atoms with E-state index in [0.717, 1.165) is 11.0 Å². The smallest absolute Gasteiger partial charge is 0.0484 e. The molecule has 90 valence electrons. The standard InChI is InChI=1S/C13H21NS2/c1-10-7-8-15-13(10)12(14)9-16-11-5-3-2-4-6-11/h7-8,11-12H,2-6,9,14H2,1H3. The topological polar surface area (TPSA) is 26.0 Å². The van der Waals surface area contributed by atoms with Gasteiger partial charge in [-0.15, -0.1) is 11.3 Å². The van der Waals surface area contributed by atoms with E-state index in [2.05, 4.69) is 30.1 Å². The molecule has 1 aliphatic carbocycles. The molecule has 16 heavy (non-hydrogen) atoms. The molecule has 1 unspecified atom stereocenters. The third kappa shape index (κ3) is 3.25. The first-order valence-corrected chi connectivity index (χ1v) is 8.11. The number of rotatable bonds is 4. The van der Waals surface area contributed by atoms with Gasteiger partial charge >= 0.3 is 0 Å². The molecule has 1 fully saturated rings. The maximum absolute atomic E-state index is 6.25. The summed E-state index contributed by atoms with van der Waals surface area (Å²) in [5.74, 6) is 1.09. The predicted molar refractivity (Wildman–Crippen MR) is 75.3 cm³/mol. The lowest BCUT2D eigenvalue weighted by Crippen LogP contribution is -2.16. The minimum absolute atomic E-state index is 0.243. The lowest BCUT2D eigenvalue weighted by Gasteiger charge is -2.22. The average molecular weight is 255 g/mol. The van der Waals surface area contributed by atoms with Crippen LogP contribution in [-0.2, 0) is 0 Å². The van der Waals surface area contributed by atoms with Gasteiger partial charge in [-0.1, -0.05) is 19.3 Å². The molecule has 1 atom stereocenters. The van der Waals surface area contributed by atoms with Gasteiger partial charge in [-0.2, -0.15) is 11.8 Å². The maximum atomic E-state index is 6.25. The number of nitrogens with two attached hydrogens (primary N) is 1.